The van der Waals surface area contributed by atoms with E-state index >= 15 is 0 Å². The van der Waals surface area contributed by atoms with Crippen molar-refractivity contribution in [2.45, 2.75) is 4.90 Å². The number of aromatic nitrogens is 2. The number of nitrogens with zero attached hydrogens (tertiary/aromatic N) is 2. The zero-order valence-electron chi connectivity index (χ0n) is 8.96. The first-order chi connectivity index (χ1) is 7.89. The SMILES string of the molecule is CS(=O)(=O)c1cnn(-c2cccc(Cl)c2)c1N. The van der Waals surface area contributed by atoms with E-state index in [1.54, 1.807) is 24.3 Å². The molecule has 0 radical (unpaired) electrons. The van der Waals surface area contributed by atoms with E-state index < -0.39 is 9.84 Å². The molecule has 0 aliphatic heterocycles. The lowest BCUT2D eigenvalue weighted by atomic mass is 10.3. The Kier molecular flexibility index (Phi) is 2.84. The molecule has 1 aromatic carbocycles. The Morgan fingerprint density at radius 2 is 2.12 bits per heavy atom. The molecule has 1 aromatic heterocycles. The summed E-state index contributed by atoms with van der Waals surface area (Å²) in [5.41, 5.74) is 6.37. The molecule has 2 N–H and O–H groups in total. The van der Waals surface area contributed by atoms with Gasteiger partial charge in [0.15, 0.2) is 9.84 Å². The highest BCUT2D eigenvalue weighted by molar-refractivity contribution is 7.90. The summed E-state index contributed by atoms with van der Waals surface area (Å²) in [5.74, 6) is 0.0785. The second-order valence-electron chi connectivity index (χ2n) is 3.56. The molecule has 0 aliphatic carbocycles. The molecule has 0 fully saturated rings. The van der Waals surface area contributed by atoms with Crippen LogP contribution in [0, 0.1) is 0 Å². The van der Waals surface area contributed by atoms with E-state index in [4.69, 9.17) is 17.3 Å². The molecule has 7 heteroatoms. The van der Waals surface area contributed by atoms with E-state index in [2.05, 4.69) is 5.10 Å². The highest BCUT2D eigenvalue weighted by atomic mass is 35.5. The van der Waals surface area contributed by atoms with Crippen LogP contribution in [-0.4, -0.2) is 24.5 Å². The normalized spacial score (nSPS) is 11.6. The van der Waals surface area contributed by atoms with Gasteiger partial charge in [0, 0.05) is 11.3 Å². The lowest BCUT2D eigenvalue weighted by molar-refractivity contribution is 0.602. The summed E-state index contributed by atoms with van der Waals surface area (Å²) in [5, 5.41) is 4.47. The summed E-state index contributed by atoms with van der Waals surface area (Å²) < 4.78 is 24.1. The fourth-order valence-corrected chi connectivity index (χ4v) is 2.33. The average molecular weight is 272 g/mol. The van der Waals surface area contributed by atoms with Crippen molar-refractivity contribution >= 4 is 27.3 Å². The standard InChI is InChI=1S/C10H10ClN3O2S/c1-17(15,16)9-6-13-14(10(9)12)8-4-2-3-7(11)5-8/h2-6H,12H2,1H3. The summed E-state index contributed by atoms with van der Waals surface area (Å²) in [6, 6.07) is 6.83. The molecule has 5 nitrogen and oxygen atoms in total. The molecular weight excluding hydrogens is 262 g/mol. The van der Waals surface area contributed by atoms with E-state index in [1.807, 2.05) is 0 Å². The van der Waals surface area contributed by atoms with Crippen molar-refractivity contribution in [1.82, 2.24) is 9.78 Å². The van der Waals surface area contributed by atoms with E-state index in [0.717, 1.165) is 6.26 Å². The van der Waals surface area contributed by atoms with Crippen molar-refractivity contribution in [3.63, 3.8) is 0 Å². The Hall–Kier alpha value is -1.53. The Labute approximate surface area is 104 Å². The quantitative estimate of drug-likeness (QED) is 0.898. The van der Waals surface area contributed by atoms with Crippen molar-refractivity contribution < 1.29 is 8.42 Å². The smallest absolute Gasteiger partial charge is 0.180 e. The molecule has 17 heavy (non-hydrogen) atoms. The Balaban J connectivity index is 2.60. The lowest BCUT2D eigenvalue weighted by Crippen LogP contribution is -2.05. The molecule has 0 saturated heterocycles. The van der Waals surface area contributed by atoms with Gasteiger partial charge in [-0.1, -0.05) is 17.7 Å². The summed E-state index contributed by atoms with van der Waals surface area (Å²) >= 11 is 5.84. The summed E-state index contributed by atoms with van der Waals surface area (Å²) in [6.07, 6.45) is 2.31. The maximum absolute atomic E-state index is 11.4. The maximum atomic E-state index is 11.4. The highest BCUT2D eigenvalue weighted by Gasteiger charge is 2.17. The molecule has 0 atom stereocenters. The zero-order chi connectivity index (χ0) is 12.6. The Bertz CT molecular complexity index is 664. The van der Waals surface area contributed by atoms with Crippen molar-refractivity contribution in [3.8, 4) is 5.69 Å². The number of nitrogen functional groups attached to an aromatic ring is 1. The van der Waals surface area contributed by atoms with Gasteiger partial charge in [-0.2, -0.15) is 5.10 Å². The van der Waals surface area contributed by atoms with Gasteiger partial charge in [-0.3, -0.25) is 0 Å². The van der Waals surface area contributed by atoms with Gasteiger partial charge in [0.25, 0.3) is 0 Å². The van der Waals surface area contributed by atoms with E-state index in [0.29, 0.717) is 10.7 Å². The van der Waals surface area contributed by atoms with Crippen molar-refractivity contribution in [3.05, 3.63) is 35.5 Å². The van der Waals surface area contributed by atoms with Gasteiger partial charge < -0.3 is 5.73 Å². The monoisotopic (exact) mass is 271 g/mol. The first kappa shape index (κ1) is 11.9. The molecule has 2 aromatic rings. The van der Waals surface area contributed by atoms with Crippen LogP contribution < -0.4 is 5.73 Å². The Morgan fingerprint density at radius 3 is 2.65 bits per heavy atom. The molecule has 90 valence electrons. The number of hydrogen-bond donors (Lipinski definition) is 1. The molecule has 2 rings (SSSR count). The van der Waals surface area contributed by atoms with Crippen LogP contribution in [0.4, 0.5) is 5.82 Å². The van der Waals surface area contributed by atoms with Gasteiger partial charge in [-0.05, 0) is 18.2 Å². The van der Waals surface area contributed by atoms with E-state index in [1.165, 1.54) is 10.9 Å². The number of sulfone groups is 1. The second-order valence-corrected chi connectivity index (χ2v) is 5.98. The average Bonchev–Trinajstić information content (AvgIpc) is 2.59. The van der Waals surface area contributed by atoms with Crippen LogP contribution in [0.3, 0.4) is 0 Å². The van der Waals surface area contributed by atoms with Crippen LogP contribution in [0.15, 0.2) is 35.4 Å². The fourth-order valence-electron chi connectivity index (χ4n) is 1.44. The predicted molar refractivity (Wildman–Crippen MR) is 66.1 cm³/mol. The third-order valence-corrected chi connectivity index (χ3v) is 3.57. The number of anilines is 1. The molecule has 0 unspecified atom stereocenters. The van der Waals surface area contributed by atoms with Crippen molar-refractivity contribution in [2.75, 3.05) is 12.0 Å². The third-order valence-electron chi connectivity index (χ3n) is 2.22. The molecule has 0 saturated carbocycles. The maximum Gasteiger partial charge on any atom is 0.180 e. The minimum atomic E-state index is -3.37. The molecule has 0 bridgehead atoms. The molecule has 0 amide bonds. The summed E-state index contributed by atoms with van der Waals surface area (Å²) in [6.45, 7) is 0. The lowest BCUT2D eigenvalue weighted by Gasteiger charge is -2.04. The molecular formula is C10H10ClN3O2S. The van der Waals surface area contributed by atoms with Gasteiger partial charge in [0.05, 0.1) is 11.9 Å². The van der Waals surface area contributed by atoms with Crippen LogP contribution in [0.25, 0.3) is 5.69 Å². The number of nitrogens with two attached hydrogens (primary N) is 1. The third kappa shape index (κ3) is 2.27. The number of benzene rings is 1. The van der Waals surface area contributed by atoms with Gasteiger partial charge in [-0.25, -0.2) is 13.1 Å². The van der Waals surface area contributed by atoms with Crippen LogP contribution in [0.5, 0.6) is 0 Å². The first-order valence-electron chi connectivity index (χ1n) is 4.69. The molecule has 0 aliphatic rings. The molecule has 1 heterocycles. The summed E-state index contributed by atoms with van der Waals surface area (Å²) in [7, 11) is -3.37. The van der Waals surface area contributed by atoms with Gasteiger partial charge >= 0.3 is 0 Å². The van der Waals surface area contributed by atoms with Crippen LogP contribution in [-0.2, 0) is 9.84 Å². The topological polar surface area (TPSA) is 78.0 Å². The van der Waals surface area contributed by atoms with Crippen LogP contribution >= 0.6 is 11.6 Å². The van der Waals surface area contributed by atoms with Crippen molar-refractivity contribution in [1.29, 1.82) is 0 Å². The van der Waals surface area contributed by atoms with Crippen molar-refractivity contribution in [2.24, 2.45) is 0 Å². The Morgan fingerprint density at radius 1 is 1.41 bits per heavy atom. The van der Waals surface area contributed by atoms with Gasteiger partial charge in [-0.15, -0.1) is 0 Å². The second kappa shape index (κ2) is 4.05. The summed E-state index contributed by atoms with van der Waals surface area (Å²) in [4.78, 5) is 0.0116. The van der Waals surface area contributed by atoms with E-state index in [-0.39, 0.29) is 10.7 Å². The van der Waals surface area contributed by atoms with Gasteiger partial charge in [0.1, 0.15) is 10.7 Å². The van der Waals surface area contributed by atoms with Gasteiger partial charge in [0.2, 0.25) is 0 Å². The highest BCUT2D eigenvalue weighted by Crippen LogP contribution is 2.22. The number of halogens is 1. The largest absolute Gasteiger partial charge is 0.382 e. The molecule has 0 spiro atoms. The minimum Gasteiger partial charge on any atom is -0.382 e. The van der Waals surface area contributed by atoms with Crippen LogP contribution in [0.1, 0.15) is 0 Å². The first-order valence-corrected chi connectivity index (χ1v) is 6.96. The fraction of sp³-hybridized carbons (Fsp3) is 0.100. The van der Waals surface area contributed by atoms with E-state index in [9.17, 15) is 8.42 Å². The number of rotatable bonds is 2. The minimum absolute atomic E-state index is 0.0116. The zero-order valence-corrected chi connectivity index (χ0v) is 10.5. The van der Waals surface area contributed by atoms with Crippen LogP contribution in [0.2, 0.25) is 5.02 Å². The predicted octanol–water partition coefficient (Wildman–Crippen LogP) is 1.51. The number of hydrogen-bond acceptors (Lipinski definition) is 4.